The van der Waals surface area contributed by atoms with E-state index < -0.39 is 0 Å². The summed E-state index contributed by atoms with van der Waals surface area (Å²) < 4.78 is 5.32. The van der Waals surface area contributed by atoms with Gasteiger partial charge in [0.05, 0.1) is 31.1 Å². The molecule has 3 N–H and O–H groups in total. The topological polar surface area (TPSA) is 115 Å². The molecule has 9 nitrogen and oxygen atoms in total. The van der Waals surface area contributed by atoms with Gasteiger partial charge in [-0.2, -0.15) is 5.26 Å². The highest BCUT2D eigenvalue weighted by molar-refractivity contribution is 6.22. The van der Waals surface area contributed by atoms with E-state index in [1.165, 1.54) is 12.4 Å². The Kier molecular flexibility index (Phi) is 6.21. The van der Waals surface area contributed by atoms with Crippen molar-refractivity contribution >= 4 is 22.9 Å². The van der Waals surface area contributed by atoms with Gasteiger partial charge in [0.2, 0.25) is 0 Å². The summed E-state index contributed by atoms with van der Waals surface area (Å²) in [7, 11) is 1.60. The number of amides is 1. The Bertz CT molecular complexity index is 1630. The summed E-state index contributed by atoms with van der Waals surface area (Å²) in [5.74, 6) is 1.88. The van der Waals surface area contributed by atoms with Crippen LogP contribution in [0.15, 0.2) is 109 Å². The third-order valence-electron chi connectivity index (χ3n) is 6.55. The number of ether oxygens (including phenoxy) is 1. The van der Waals surface area contributed by atoms with Crippen LogP contribution in [0.25, 0.3) is 11.1 Å². The van der Waals surface area contributed by atoms with Gasteiger partial charge in [-0.05, 0) is 28.8 Å². The van der Waals surface area contributed by atoms with E-state index in [1.54, 1.807) is 24.3 Å². The molecule has 6 rings (SSSR count). The first kappa shape index (κ1) is 23.9. The number of hydrazine groups is 1. The lowest BCUT2D eigenvalue weighted by molar-refractivity contribution is -0.126. The number of hydrogen-bond donors (Lipinski definition) is 3. The number of rotatable bonds is 6. The lowest BCUT2D eigenvalue weighted by Crippen LogP contribution is -2.47. The van der Waals surface area contributed by atoms with Crippen molar-refractivity contribution in [2.75, 3.05) is 12.4 Å². The smallest absolute Gasteiger partial charge is 0.278 e. The van der Waals surface area contributed by atoms with E-state index >= 15 is 0 Å². The maximum absolute atomic E-state index is 14.2. The molecule has 1 atom stereocenters. The van der Waals surface area contributed by atoms with E-state index in [4.69, 9.17) is 10.00 Å². The van der Waals surface area contributed by atoms with Crippen LogP contribution in [0.1, 0.15) is 28.4 Å². The van der Waals surface area contributed by atoms with Crippen LogP contribution in [-0.4, -0.2) is 28.0 Å². The molecule has 1 aromatic heterocycles. The molecule has 3 heterocycles. The standard InChI is InChI=1S/C30H23N7O2/c1-39-23-14-12-20(13-15-23)26-28(34-24-18-32-22(16-31)17-33-24)35-29-25(19-8-4-2-5-9-19)27(36-37(29)30(26)38)21-10-6-3-7-11-21/h2-15,17-18,27,35-36H,1H3,(H,33,34). The molecule has 190 valence electrons. The van der Waals surface area contributed by atoms with Crippen LogP contribution >= 0.6 is 0 Å². The minimum atomic E-state index is -0.272. The third-order valence-corrected chi connectivity index (χ3v) is 6.55. The SMILES string of the molecule is COc1ccc(C2=C(Nc3cnc(C#N)cn3)NC3=C(c4ccccc4)C(c4ccccc4)NN3C2=O)cc1. The van der Waals surface area contributed by atoms with Gasteiger partial charge in [0.15, 0.2) is 5.69 Å². The van der Waals surface area contributed by atoms with Gasteiger partial charge in [-0.25, -0.2) is 20.4 Å². The first-order valence-electron chi connectivity index (χ1n) is 12.3. The van der Waals surface area contributed by atoms with Crippen molar-refractivity contribution in [3.05, 3.63) is 131 Å². The minimum Gasteiger partial charge on any atom is -0.497 e. The molecule has 39 heavy (non-hydrogen) atoms. The predicted molar refractivity (Wildman–Crippen MR) is 146 cm³/mol. The minimum absolute atomic E-state index is 0.198. The zero-order chi connectivity index (χ0) is 26.8. The van der Waals surface area contributed by atoms with E-state index in [9.17, 15) is 4.79 Å². The first-order valence-corrected chi connectivity index (χ1v) is 12.3. The molecule has 1 amide bonds. The fourth-order valence-corrected chi connectivity index (χ4v) is 4.70. The fourth-order valence-electron chi connectivity index (χ4n) is 4.70. The van der Waals surface area contributed by atoms with E-state index in [0.29, 0.717) is 34.3 Å². The van der Waals surface area contributed by atoms with Crippen molar-refractivity contribution in [2.24, 2.45) is 0 Å². The number of nitrogens with one attached hydrogen (secondary N) is 3. The Morgan fingerprint density at radius 1 is 0.923 bits per heavy atom. The number of carbonyl (C=O) groups excluding carboxylic acids is 1. The molecule has 0 bridgehead atoms. The quantitative estimate of drug-likeness (QED) is 0.352. The number of methoxy groups -OCH3 is 1. The molecular formula is C30H23N7O2. The van der Waals surface area contributed by atoms with Crippen LogP contribution in [0.4, 0.5) is 5.82 Å². The average molecular weight is 514 g/mol. The molecule has 0 fully saturated rings. The summed E-state index contributed by atoms with van der Waals surface area (Å²) >= 11 is 0. The van der Waals surface area contributed by atoms with Crippen molar-refractivity contribution < 1.29 is 9.53 Å². The number of aromatic nitrogens is 2. The third kappa shape index (κ3) is 4.45. The van der Waals surface area contributed by atoms with Gasteiger partial charge in [-0.3, -0.25) is 4.79 Å². The van der Waals surface area contributed by atoms with Gasteiger partial charge in [-0.1, -0.05) is 72.8 Å². The summed E-state index contributed by atoms with van der Waals surface area (Å²) in [6.45, 7) is 0. The molecule has 0 saturated heterocycles. The maximum atomic E-state index is 14.2. The van der Waals surface area contributed by atoms with Crippen LogP contribution < -0.4 is 20.8 Å². The molecule has 9 heteroatoms. The molecule has 4 aromatic rings. The zero-order valence-corrected chi connectivity index (χ0v) is 20.9. The number of hydrogen-bond acceptors (Lipinski definition) is 8. The zero-order valence-electron chi connectivity index (χ0n) is 20.9. The Morgan fingerprint density at radius 3 is 2.28 bits per heavy atom. The number of benzene rings is 3. The Balaban J connectivity index is 1.50. The second-order valence-electron chi connectivity index (χ2n) is 8.87. The van der Waals surface area contributed by atoms with Crippen molar-refractivity contribution in [3.63, 3.8) is 0 Å². The predicted octanol–water partition coefficient (Wildman–Crippen LogP) is 4.20. The summed E-state index contributed by atoms with van der Waals surface area (Å²) in [5.41, 5.74) is 7.63. The van der Waals surface area contributed by atoms with Gasteiger partial charge in [0.25, 0.3) is 5.91 Å². The van der Waals surface area contributed by atoms with Gasteiger partial charge in [0.1, 0.15) is 29.3 Å². The second kappa shape index (κ2) is 10.1. The van der Waals surface area contributed by atoms with Crippen LogP contribution in [0.5, 0.6) is 5.75 Å². The molecule has 0 aliphatic carbocycles. The summed E-state index contributed by atoms with van der Waals surface area (Å²) in [5, 5.41) is 17.4. The normalized spacial score (nSPS) is 16.5. The Morgan fingerprint density at radius 2 is 1.64 bits per heavy atom. The Labute approximate surface area is 225 Å². The fraction of sp³-hybridized carbons (Fsp3) is 0.0667. The number of nitriles is 1. The van der Waals surface area contributed by atoms with Crippen molar-refractivity contribution in [1.82, 2.24) is 25.7 Å². The molecule has 3 aromatic carbocycles. The van der Waals surface area contributed by atoms with Crippen LogP contribution in [0, 0.1) is 11.3 Å². The first-order chi connectivity index (χ1) is 19.2. The number of anilines is 1. The van der Waals surface area contributed by atoms with Crippen molar-refractivity contribution in [2.45, 2.75) is 6.04 Å². The monoisotopic (exact) mass is 513 g/mol. The van der Waals surface area contributed by atoms with Gasteiger partial charge < -0.3 is 15.4 Å². The molecule has 0 radical (unpaired) electrons. The lowest BCUT2D eigenvalue weighted by atomic mass is 9.94. The lowest BCUT2D eigenvalue weighted by Gasteiger charge is -2.31. The van der Waals surface area contributed by atoms with Gasteiger partial charge >= 0.3 is 0 Å². The van der Waals surface area contributed by atoms with Gasteiger partial charge in [-0.15, -0.1) is 0 Å². The Hall–Kier alpha value is -5.46. The van der Waals surface area contributed by atoms with Crippen molar-refractivity contribution in [1.29, 1.82) is 5.26 Å². The number of nitrogens with zero attached hydrogens (tertiary/aromatic N) is 4. The van der Waals surface area contributed by atoms with E-state index in [2.05, 4.69) is 26.0 Å². The summed E-state index contributed by atoms with van der Waals surface area (Å²) in [4.78, 5) is 22.6. The molecular weight excluding hydrogens is 490 g/mol. The highest BCUT2D eigenvalue weighted by Crippen LogP contribution is 2.41. The molecule has 1 unspecified atom stereocenters. The summed E-state index contributed by atoms with van der Waals surface area (Å²) in [6.07, 6.45) is 2.84. The number of carbonyl (C=O) groups is 1. The largest absolute Gasteiger partial charge is 0.497 e. The molecule has 0 saturated carbocycles. The highest BCUT2D eigenvalue weighted by Gasteiger charge is 2.42. The number of fused-ring (bicyclic) bond motifs is 1. The van der Waals surface area contributed by atoms with Crippen molar-refractivity contribution in [3.8, 4) is 11.8 Å². The molecule has 0 spiro atoms. The van der Waals surface area contributed by atoms with Gasteiger partial charge in [0, 0.05) is 5.57 Å². The average Bonchev–Trinajstić information content (AvgIpc) is 3.38. The van der Waals surface area contributed by atoms with Crippen LogP contribution in [0.3, 0.4) is 0 Å². The maximum Gasteiger partial charge on any atom is 0.278 e. The van der Waals surface area contributed by atoms with Crippen LogP contribution in [0.2, 0.25) is 0 Å². The second-order valence-corrected chi connectivity index (χ2v) is 8.87. The van der Waals surface area contributed by atoms with E-state index in [0.717, 1.165) is 16.7 Å². The summed E-state index contributed by atoms with van der Waals surface area (Å²) in [6, 6.07) is 28.9. The molecule has 2 aliphatic heterocycles. The van der Waals surface area contributed by atoms with Crippen LogP contribution in [-0.2, 0) is 4.79 Å². The molecule has 2 aliphatic rings. The highest BCUT2D eigenvalue weighted by atomic mass is 16.5. The van der Waals surface area contributed by atoms with E-state index in [1.807, 2.05) is 78.9 Å². The van der Waals surface area contributed by atoms with E-state index in [-0.39, 0.29) is 17.6 Å².